The second-order valence-electron chi connectivity index (χ2n) is 10.9. The minimum atomic E-state index is 0.646. The van der Waals surface area contributed by atoms with E-state index in [1.54, 1.807) is 0 Å². The molecule has 1 saturated heterocycles. The first-order valence-electron chi connectivity index (χ1n) is 14.5. The van der Waals surface area contributed by atoms with E-state index >= 15 is 0 Å². The largest absolute Gasteiger partial charge is 0.306 e. The van der Waals surface area contributed by atoms with E-state index < -0.39 is 0 Å². The Morgan fingerprint density at radius 3 is 2.12 bits per heavy atom. The molecule has 0 aromatic rings. The van der Waals surface area contributed by atoms with Crippen molar-refractivity contribution < 1.29 is 0 Å². The number of nitrogens with zero attached hydrogens (tertiary/aromatic N) is 2. The summed E-state index contributed by atoms with van der Waals surface area (Å²) in [6.45, 7) is 15.7. The Morgan fingerprint density at radius 2 is 1.50 bits per heavy atom. The Hall–Kier alpha value is -0.520. The smallest absolute Gasteiger partial charge is 0.0217 e. The van der Waals surface area contributed by atoms with Gasteiger partial charge in [0, 0.05) is 32.0 Å². The summed E-state index contributed by atoms with van der Waals surface area (Å²) in [6, 6.07) is 0. The van der Waals surface area contributed by atoms with E-state index in [-0.39, 0.29) is 0 Å². The fourth-order valence-corrected chi connectivity index (χ4v) is 5.34. The minimum absolute atomic E-state index is 0.646. The van der Waals surface area contributed by atoms with Crippen LogP contribution < -0.4 is 0 Å². The van der Waals surface area contributed by atoms with Crippen LogP contribution in [0.3, 0.4) is 0 Å². The summed E-state index contributed by atoms with van der Waals surface area (Å²) >= 11 is 0. The monoisotopic (exact) mass is 446 g/mol. The first kappa shape index (κ1) is 29.5. The Bertz CT molecular complexity index is 469. The fraction of sp³-hybridized carbons (Fsp3) is 0.933. The average molecular weight is 447 g/mol. The second kappa shape index (κ2) is 19.9. The molecule has 32 heavy (non-hydrogen) atoms. The summed E-state index contributed by atoms with van der Waals surface area (Å²) in [5, 5.41) is 0. The van der Waals surface area contributed by atoms with Crippen LogP contribution in [0.4, 0.5) is 0 Å². The van der Waals surface area contributed by atoms with Gasteiger partial charge in [-0.2, -0.15) is 0 Å². The summed E-state index contributed by atoms with van der Waals surface area (Å²) in [7, 11) is 2.35. The van der Waals surface area contributed by atoms with Crippen LogP contribution in [0.2, 0.25) is 0 Å². The molecule has 0 bridgehead atoms. The zero-order valence-electron chi connectivity index (χ0n) is 22.8. The van der Waals surface area contributed by atoms with Gasteiger partial charge in [-0.3, -0.25) is 0 Å². The van der Waals surface area contributed by atoms with Crippen LogP contribution in [0, 0.1) is 29.6 Å². The summed E-state index contributed by atoms with van der Waals surface area (Å²) in [6.07, 6.45) is 20.2. The molecule has 188 valence electrons. The van der Waals surface area contributed by atoms with Crippen LogP contribution in [0.25, 0.3) is 0 Å². The van der Waals surface area contributed by atoms with Crippen molar-refractivity contribution in [1.82, 2.24) is 9.80 Å². The SMILES string of the molecule is CCCCCCC(C)CN(C)CC1CCN(CCC#CC(CCC)CCCCCC)CC1. The lowest BCUT2D eigenvalue weighted by atomic mass is 9.95. The van der Waals surface area contributed by atoms with Gasteiger partial charge in [-0.1, -0.05) is 91.4 Å². The van der Waals surface area contributed by atoms with E-state index in [1.807, 2.05) is 0 Å². The van der Waals surface area contributed by atoms with Gasteiger partial charge in [-0.25, -0.2) is 0 Å². The maximum absolute atomic E-state index is 3.63. The summed E-state index contributed by atoms with van der Waals surface area (Å²) in [5.41, 5.74) is 0. The van der Waals surface area contributed by atoms with Gasteiger partial charge in [0.25, 0.3) is 0 Å². The normalized spacial score (nSPS) is 17.3. The molecule has 0 spiro atoms. The van der Waals surface area contributed by atoms with Crippen LogP contribution in [-0.2, 0) is 0 Å². The van der Waals surface area contributed by atoms with Gasteiger partial charge in [-0.05, 0) is 64.1 Å². The molecule has 2 nitrogen and oxygen atoms in total. The maximum Gasteiger partial charge on any atom is 0.0217 e. The van der Waals surface area contributed by atoms with Crippen molar-refractivity contribution in [3.8, 4) is 11.8 Å². The van der Waals surface area contributed by atoms with Gasteiger partial charge in [0.05, 0.1) is 0 Å². The number of rotatable bonds is 18. The molecule has 1 fully saturated rings. The number of piperidine rings is 1. The third kappa shape index (κ3) is 15.3. The number of hydrogen-bond acceptors (Lipinski definition) is 2. The zero-order chi connectivity index (χ0) is 23.4. The van der Waals surface area contributed by atoms with Gasteiger partial charge < -0.3 is 9.80 Å². The van der Waals surface area contributed by atoms with Crippen LogP contribution in [0.5, 0.6) is 0 Å². The number of hydrogen-bond donors (Lipinski definition) is 0. The topological polar surface area (TPSA) is 6.48 Å². The van der Waals surface area contributed by atoms with E-state index in [1.165, 1.54) is 123 Å². The molecule has 2 heteroatoms. The van der Waals surface area contributed by atoms with Crippen molar-refractivity contribution in [2.45, 2.75) is 124 Å². The summed E-state index contributed by atoms with van der Waals surface area (Å²) in [5.74, 6) is 9.56. The summed E-state index contributed by atoms with van der Waals surface area (Å²) in [4.78, 5) is 5.28. The molecule has 0 aliphatic carbocycles. The predicted molar refractivity (Wildman–Crippen MR) is 144 cm³/mol. The van der Waals surface area contributed by atoms with Gasteiger partial charge in [0.2, 0.25) is 0 Å². The van der Waals surface area contributed by atoms with Crippen molar-refractivity contribution in [3.05, 3.63) is 0 Å². The van der Waals surface area contributed by atoms with Gasteiger partial charge >= 0.3 is 0 Å². The Morgan fingerprint density at radius 1 is 0.844 bits per heavy atom. The maximum atomic E-state index is 3.63. The standard InChI is InChI=1S/C30H58N2/c1-6-9-11-13-18-28(4)26-31(5)27-30-21-24-32(25-22-30)23-16-15-20-29(17-8-3)19-14-12-10-7-2/h28-30H,6-14,16-19,21-27H2,1-5H3. The van der Waals surface area contributed by atoms with Gasteiger partial charge in [0.15, 0.2) is 0 Å². The highest BCUT2D eigenvalue weighted by atomic mass is 15.1. The molecule has 1 heterocycles. The fourth-order valence-electron chi connectivity index (χ4n) is 5.34. The van der Waals surface area contributed by atoms with E-state index in [0.717, 1.165) is 18.3 Å². The molecule has 0 radical (unpaired) electrons. The van der Waals surface area contributed by atoms with Gasteiger partial charge in [0.1, 0.15) is 0 Å². The molecule has 1 aliphatic rings. The third-order valence-corrected chi connectivity index (χ3v) is 7.35. The zero-order valence-corrected chi connectivity index (χ0v) is 22.8. The Kier molecular flexibility index (Phi) is 18.4. The van der Waals surface area contributed by atoms with Crippen molar-refractivity contribution in [3.63, 3.8) is 0 Å². The minimum Gasteiger partial charge on any atom is -0.306 e. The molecule has 0 aromatic heterocycles. The molecular formula is C30H58N2. The molecular weight excluding hydrogens is 388 g/mol. The molecule has 2 unspecified atom stereocenters. The van der Waals surface area contributed by atoms with Crippen molar-refractivity contribution >= 4 is 0 Å². The molecule has 0 aromatic carbocycles. The van der Waals surface area contributed by atoms with Crippen LogP contribution in [0.1, 0.15) is 124 Å². The quantitative estimate of drug-likeness (QED) is 0.155. The Balaban J connectivity index is 2.17. The van der Waals surface area contributed by atoms with Crippen molar-refractivity contribution in [2.24, 2.45) is 17.8 Å². The van der Waals surface area contributed by atoms with Crippen molar-refractivity contribution in [2.75, 3.05) is 39.8 Å². The highest BCUT2D eigenvalue weighted by molar-refractivity contribution is 5.04. The first-order chi connectivity index (χ1) is 15.6. The van der Waals surface area contributed by atoms with E-state index in [2.05, 4.69) is 56.4 Å². The Labute approximate surface area is 203 Å². The number of likely N-dealkylation sites (tertiary alicyclic amines) is 1. The summed E-state index contributed by atoms with van der Waals surface area (Å²) < 4.78 is 0. The van der Waals surface area contributed by atoms with Crippen LogP contribution in [-0.4, -0.2) is 49.6 Å². The molecule has 0 saturated carbocycles. The predicted octanol–water partition coefficient (Wildman–Crippen LogP) is 8.02. The van der Waals surface area contributed by atoms with Gasteiger partial charge in [-0.15, -0.1) is 5.92 Å². The lowest BCUT2D eigenvalue weighted by Gasteiger charge is -2.34. The molecule has 2 atom stereocenters. The first-order valence-corrected chi connectivity index (χ1v) is 14.5. The lowest BCUT2D eigenvalue weighted by molar-refractivity contribution is 0.149. The molecule has 0 N–H and O–H groups in total. The van der Waals surface area contributed by atoms with Crippen LogP contribution in [0.15, 0.2) is 0 Å². The molecule has 1 rings (SSSR count). The van der Waals surface area contributed by atoms with Crippen LogP contribution >= 0.6 is 0 Å². The average Bonchev–Trinajstić information content (AvgIpc) is 2.78. The van der Waals surface area contributed by atoms with E-state index in [4.69, 9.17) is 0 Å². The third-order valence-electron chi connectivity index (χ3n) is 7.35. The highest BCUT2D eigenvalue weighted by Crippen LogP contribution is 2.20. The van der Waals surface area contributed by atoms with E-state index in [9.17, 15) is 0 Å². The number of unbranched alkanes of at least 4 members (excludes halogenated alkanes) is 6. The van der Waals surface area contributed by atoms with Crippen molar-refractivity contribution in [1.29, 1.82) is 0 Å². The lowest BCUT2D eigenvalue weighted by Crippen LogP contribution is -2.39. The highest BCUT2D eigenvalue weighted by Gasteiger charge is 2.20. The molecule has 0 amide bonds. The second-order valence-corrected chi connectivity index (χ2v) is 10.9. The molecule has 1 aliphatic heterocycles. The van der Waals surface area contributed by atoms with E-state index in [0.29, 0.717) is 5.92 Å².